The lowest BCUT2D eigenvalue weighted by Crippen LogP contribution is -2.49. The summed E-state index contributed by atoms with van der Waals surface area (Å²) in [6.07, 6.45) is -4.65. The fourth-order valence-electron chi connectivity index (χ4n) is 2.59. The second-order valence-corrected chi connectivity index (χ2v) is 12.8. The van der Waals surface area contributed by atoms with Crippen LogP contribution in [0.1, 0.15) is 32.6 Å². The van der Waals surface area contributed by atoms with E-state index >= 15 is 0 Å². The zero-order valence-corrected chi connectivity index (χ0v) is 18.7. The van der Waals surface area contributed by atoms with Crippen LogP contribution in [0.15, 0.2) is 0 Å². The normalized spacial score (nSPS) is 14.4. The number of hydrogen-bond acceptors (Lipinski definition) is 6. The summed E-state index contributed by atoms with van der Waals surface area (Å²) in [5.41, 5.74) is 0. The van der Waals surface area contributed by atoms with Crippen LogP contribution >= 0.6 is 30.4 Å². The molecule has 0 aromatic rings. The Labute approximate surface area is 162 Å². The van der Waals surface area contributed by atoms with Crippen molar-refractivity contribution in [3.63, 3.8) is 0 Å². The van der Waals surface area contributed by atoms with E-state index in [1.807, 2.05) is 6.92 Å². The Bertz CT molecular complexity index is 565. The first kappa shape index (κ1) is 28.5. The molecule has 0 spiro atoms. The first-order valence-electron chi connectivity index (χ1n) is 7.99. The van der Waals surface area contributed by atoms with E-state index < -0.39 is 61.7 Å². The van der Waals surface area contributed by atoms with Crippen molar-refractivity contribution in [3.8, 4) is 0 Å². The van der Waals surface area contributed by atoms with Crippen LogP contribution in [-0.4, -0.2) is 80.3 Å². The van der Waals surface area contributed by atoms with Crippen molar-refractivity contribution in [2.24, 2.45) is 0 Å². The van der Waals surface area contributed by atoms with Gasteiger partial charge in [0.1, 0.15) is 25.1 Å². The van der Waals surface area contributed by atoms with Gasteiger partial charge in [-0.3, -0.25) is 28.1 Å². The molecule has 0 bridgehead atoms. The number of rotatable bonds is 14. The lowest BCUT2D eigenvalue weighted by Gasteiger charge is -2.39. The van der Waals surface area contributed by atoms with E-state index in [1.165, 1.54) is 0 Å². The van der Waals surface area contributed by atoms with Crippen LogP contribution in [0.5, 0.6) is 0 Å². The van der Waals surface area contributed by atoms with E-state index in [9.17, 15) is 57.4 Å². The van der Waals surface area contributed by atoms with E-state index in [0.29, 0.717) is 29.1 Å². The smallest absolute Gasteiger partial charge is 0.324 e. The standard InChI is InChI=1S/C10H28N2O12P4/c1-2-3-4-5-10(11(6-25(13,14)15)7-26(16,17)18)12(8-27(19,20)21)9-28(22,23)24/h10H,2-9H2,1H3,(H2,13,14,15)(H2,16,17,18)(H2,19,20,21)(H2,22,23,24). The summed E-state index contributed by atoms with van der Waals surface area (Å²) in [5, 5.41) is 0. The molecular formula is C10H28N2O12P4. The van der Waals surface area contributed by atoms with Gasteiger partial charge in [-0.15, -0.1) is 0 Å². The predicted molar refractivity (Wildman–Crippen MR) is 99.3 cm³/mol. The monoisotopic (exact) mass is 492 g/mol. The van der Waals surface area contributed by atoms with Crippen molar-refractivity contribution in [1.29, 1.82) is 0 Å². The molecule has 14 nitrogen and oxygen atoms in total. The van der Waals surface area contributed by atoms with Gasteiger partial charge in [-0.05, 0) is 6.42 Å². The topological polar surface area (TPSA) is 237 Å². The first-order valence-corrected chi connectivity index (χ1v) is 15.2. The minimum Gasteiger partial charge on any atom is -0.324 e. The van der Waals surface area contributed by atoms with Gasteiger partial charge in [0.25, 0.3) is 0 Å². The molecule has 0 aliphatic rings. The van der Waals surface area contributed by atoms with Gasteiger partial charge in [0.15, 0.2) is 0 Å². The van der Waals surface area contributed by atoms with E-state index in [0.717, 1.165) is 0 Å². The molecule has 28 heavy (non-hydrogen) atoms. The lowest BCUT2D eigenvalue weighted by atomic mass is 10.1. The van der Waals surface area contributed by atoms with Gasteiger partial charge in [0.05, 0.1) is 6.17 Å². The van der Waals surface area contributed by atoms with Crippen LogP contribution in [0.4, 0.5) is 0 Å². The van der Waals surface area contributed by atoms with Crippen LogP contribution in [0.3, 0.4) is 0 Å². The van der Waals surface area contributed by atoms with Gasteiger partial charge < -0.3 is 39.1 Å². The second-order valence-electron chi connectivity index (χ2n) is 6.38. The molecule has 0 fully saturated rings. The van der Waals surface area contributed by atoms with Crippen molar-refractivity contribution in [2.75, 3.05) is 25.1 Å². The molecular weight excluding hydrogens is 464 g/mol. The summed E-state index contributed by atoms with van der Waals surface area (Å²) in [7, 11) is -19.5. The van der Waals surface area contributed by atoms with Gasteiger partial charge in [-0.25, -0.2) is 0 Å². The Kier molecular flexibility index (Phi) is 11.4. The number of unbranched alkanes of at least 4 members (excludes halogenated alkanes) is 2. The Morgan fingerprint density at radius 2 is 0.893 bits per heavy atom. The van der Waals surface area contributed by atoms with Crippen LogP contribution < -0.4 is 0 Å². The van der Waals surface area contributed by atoms with Crippen LogP contribution in [-0.2, 0) is 18.3 Å². The summed E-state index contributed by atoms with van der Waals surface area (Å²) in [6.45, 7) is 1.82. The summed E-state index contributed by atoms with van der Waals surface area (Å²) in [6, 6.07) is 0. The average Bonchev–Trinajstić information content (AvgIpc) is 2.35. The van der Waals surface area contributed by atoms with Crippen LogP contribution in [0.25, 0.3) is 0 Å². The molecule has 0 radical (unpaired) electrons. The quantitative estimate of drug-likeness (QED) is 0.0908. The van der Waals surface area contributed by atoms with Crippen LogP contribution in [0, 0.1) is 0 Å². The molecule has 0 atom stereocenters. The van der Waals surface area contributed by atoms with Gasteiger partial charge in [0, 0.05) is 0 Å². The Hall–Kier alpha value is 0.520. The van der Waals surface area contributed by atoms with E-state index in [2.05, 4.69) is 0 Å². The maximum absolute atomic E-state index is 11.4. The SMILES string of the molecule is CCCCCC(N(CP(=O)(O)O)CP(=O)(O)O)N(CP(=O)(O)O)CP(=O)(O)O. The van der Waals surface area contributed by atoms with Gasteiger partial charge in [-0.2, -0.15) is 0 Å². The van der Waals surface area contributed by atoms with Crippen molar-refractivity contribution in [3.05, 3.63) is 0 Å². The highest BCUT2D eigenvalue weighted by Gasteiger charge is 2.38. The molecule has 0 rings (SSSR count). The fraction of sp³-hybridized carbons (Fsp3) is 1.00. The summed E-state index contributed by atoms with van der Waals surface area (Å²) >= 11 is 0. The largest absolute Gasteiger partial charge is 0.339 e. The highest BCUT2D eigenvalue weighted by atomic mass is 31.2. The Balaban J connectivity index is 6.09. The van der Waals surface area contributed by atoms with Gasteiger partial charge in [0.2, 0.25) is 0 Å². The fourth-order valence-corrected chi connectivity index (χ4v) is 5.95. The van der Waals surface area contributed by atoms with E-state index in [-0.39, 0.29) is 6.42 Å². The zero-order valence-electron chi connectivity index (χ0n) is 15.1. The maximum Gasteiger partial charge on any atom is 0.339 e. The third kappa shape index (κ3) is 15.4. The van der Waals surface area contributed by atoms with Crippen LogP contribution in [0.2, 0.25) is 0 Å². The maximum atomic E-state index is 11.4. The van der Waals surface area contributed by atoms with E-state index in [1.54, 1.807) is 0 Å². The molecule has 170 valence electrons. The van der Waals surface area contributed by atoms with E-state index in [4.69, 9.17) is 0 Å². The molecule has 0 aliphatic carbocycles. The molecule has 8 N–H and O–H groups in total. The molecule has 0 aromatic carbocycles. The predicted octanol–water partition coefficient (Wildman–Crippen LogP) is 0.0376. The second kappa shape index (κ2) is 11.2. The summed E-state index contributed by atoms with van der Waals surface area (Å²) in [5.74, 6) is 0. The molecule has 0 saturated heterocycles. The molecule has 0 heterocycles. The highest BCUT2D eigenvalue weighted by Crippen LogP contribution is 2.46. The minimum absolute atomic E-state index is 0.0894. The average molecular weight is 492 g/mol. The van der Waals surface area contributed by atoms with Gasteiger partial charge in [-0.1, -0.05) is 26.2 Å². The lowest BCUT2D eigenvalue weighted by molar-refractivity contribution is 0.0698. The minimum atomic E-state index is -4.88. The third-order valence-electron chi connectivity index (χ3n) is 3.37. The zero-order chi connectivity index (χ0) is 22.4. The van der Waals surface area contributed by atoms with Crippen molar-refractivity contribution in [1.82, 2.24) is 9.80 Å². The molecule has 0 aliphatic heterocycles. The van der Waals surface area contributed by atoms with Crippen molar-refractivity contribution < 1.29 is 57.4 Å². The summed E-state index contributed by atoms with van der Waals surface area (Å²) in [4.78, 5) is 75.2. The third-order valence-corrected chi connectivity index (χ3v) is 6.30. The highest BCUT2D eigenvalue weighted by molar-refractivity contribution is 7.53. The summed E-state index contributed by atoms with van der Waals surface area (Å²) < 4.78 is 45.7. The molecule has 0 saturated carbocycles. The first-order chi connectivity index (χ1) is 12.3. The number of nitrogens with zero attached hydrogens (tertiary/aromatic N) is 2. The Morgan fingerprint density at radius 3 is 1.11 bits per heavy atom. The van der Waals surface area contributed by atoms with Gasteiger partial charge >= 0.3 is 30.4 Å². The Morgan fingerprint density at radius 1 is 0.607 bits per heavy atom. The number of hydrogen-bond donors (Lipinski definition) is 8. The molecule has 0 aromatic heterocycles. The molecule has 18 heteroatoms. The molecule has 0 amide bonds. The van der Waals surface area contributed by atoms with Crippen molar-refractivity contribution in [2.45, 2.75) is 38.8 Å². The van der Waals surface area contributed by atoms with Crippen molar-refractivity contribution >= 4 is 30.4 Å². The molecule has 0 unspecified atom stereocenters.